The number of para-hydroxylation sites is 1. The van der Waals surface area contributed by atoms with Gasteiger partial charge in [0.15, 0.2) is 5.82 Å². The lowest BCUT2D eigenvalue weighted by atomic mass is 10.2. The van der Waals surface area contributed by atoms with Crippen molar-refractivity contribution in [3.05, 3.63) is 95.3 Å². The Morgan fingerprint density at radius 1 is 1.00 bits per heavy atom. The third-order valence-electron chi connectivity index (χ3n) is 4.11. The zero-order chi connectivity index (χ0) is 20.1. The van der Waals surface area contributed by atoms with Gasteiger partial charge in [0.05, 0.1) is 17.0 Å². The second kappa shape index (κ2) is 8.89. The molecule has 1 heterocycles. The highest BCUT2D eigenvalue weighted by Crippen LogP contribution is 2.27. The summed E-state index contributed by atoms with van der Waals surface area (Å²) in [5, 5.41) is 15.4. The Hall–Kier alpha value is -3.16. The third-order valence-corrected chi connectivity index (χ3v) is 5.41. The standard InChI is InChI=1S/C21H16ClN5OS/c22-15-7-6-8-16(13-15)23-21(28)18-11-4-5-12-19(18)29-14-20-24-25-26-27(20)17-9-2-1-3-10-17/h1-13H,14H2,(H,23,28). The summed E-state index contributed by atoms with van der Waals surface area (Å²) in [4.78, 5) is 13.6. The van der Waals surface area contributed by atoms with Crippen molar-refractivity contribution in [3.8, 4) is 5.69 Å². The van der Waals surface area contributed by atoms with Crippen LogP contribution < -0.4 is 5.32 Å². The summed E-state index contributed by atoms with van der Waals surface area (Å²) < 4.78 is 1.70. The number of thioether (sulfide) groups is 1. The average molecular weight is 422 g/mol. The predicted octanol–water partition coefficient (Wildman–Crippen LogP) is 4.86. The van der Waals surface area contributed by atoms with Gasteiger partial charge in [-0.1, -0.05) is 48.0 Å². The smallest absolute Gasteiger partial charge is 0.256 e. The minimum absolute atomic E-state index is 0.196. The molecule has 0 fully saturated rings. The molecule has 6 nitrogen and oxygen atoms in total. The van der Waals surface area contributed by atoms with Crippen LogP contribution in [0.2, 0.25) is 5.02 Å². The van der Waals surface area contributed by atoms with E-state index in [1.54, 1.807) is 35.0 Å². The summed E-state index contributed by atoms with van der Waals surface area (Å²) in [7, 11) is 0. The van der Waals surface area contributed by atoms with E-state index in [1.165, 1.54) is 11.8 Å². The van der Waals surface area contributed by atoms with E-state index in [9.17, 15) is 4.79 Å². The van der Waals surface area contributed by atoms with Crippen molar-refractivity contribution < 1.29 is 4.79 Å². The third kappa shape index (κ3) is 4.64. The molecular formula is C21H16ClN5OS. The van der Waals surface area contributed by atoms with E-state index in [2.05, 4.69) is 20.8 Å². The number of anilines is 1. The summed E-state index contributed by atoms with van der Waals surface area (Å²) in [5.41, 5.74) is 2.12. The number of benzene rings is 3. The fourth-order valence-electron chi connectivity index (χ4n) is 2.75. The maximum atomic E-state index is 12.8. The molecule has 8 heteroatoms. The van der Waals surface area contributed by atoms with E-state index >= 15 is 0 Å². The maximum absolute atomic E-state index is 12.8. The van der Waals surface area contributed by atoms with Gasteiger partial charge in [0.25, 0.3) is 5.91 Å². The molecule has 1 N–H and O–H groups in total. The summed E-state index contributed by atoms with van der Waals surface area (Å²) in [6.45, 7) is 0. The topological polar surface area (TPSA) is 72.7 Å². The molecule has 4 rings (SSSR count). The second-order valence-corrected chi connectivity index (χ2v) is 7.55. The number of carbonyl (C=O) groups is 1. The fraction of sp³-hybridized carbons (Fsp3) is 0.0476. The molecule has 0 saturated heterocycles. The Morgan fingerprint density at radius 3 is 2.62 bits per heavy atom. The van der Waals surface area contributed by atoms with Crippen molar-refractivity contribution in [2.75, 3.05) is 5.32 Å². The van der Waals surface area contributed by atoms with E-state index in [4.69, 9.17) is 11.6 Å². The molecular weight excluding hydrogens is 406 g/mol. The largest absolute Gasteiger partial charge is 0.322 e. The van der Waals surface area contributed by atoms with Gasteiger partial charge < -0.3 is 5.32 Å². The number of halogens is 1. The van der Waals surface area contributed by atoms with E-state index in [0.717, 1.165) is 10.6 Å². The normalized spacial score (nSPS) is 10.7. The molecule has 0 radical (unpaired) electrons. The van der Waals surface area contributed by atoms with E-state index in [-0.39, 0.29) is 5.91 Å². The van der Waals surface area contributed by atoms with Gasteiger partial charge in [-0.15, -0.1) is 16.9 Å². The van der Waals surface area contributed by atoms with Crippen LogP contribution in [-0.4, -0.2) is 26.1 Å². The van der Waals surface area contributed by atoms with Crippen LogP contribution in [0, 0.1) is 0 Å². The quantitative estimate of drug-likeness (QED) is 0.450. The highest BCUT2D eigenvalue weighted by molar-refractivity contribution is 7.98. The lowest BCUT2D eigenvalue weighted by Gasteiger charge is -2.10. The van der Waals surface area contributed by atoms with Crippen LogP contribution in [-0.2, 0) is 5.75 Å². The molecule has 0 bridgehead atoms. The minimum Gasteiger partial charge on any atom is -0.322 e. The van der Waals surface area contributed by atoms with Crippen LogP contribution in [0.15, 0.2) is 83.8 Å². The number of carbonyl (C=O) groups excluding carboxylic acids is 1. The maximum Gasteiger partial charge on any atom is 0.256 e. The van der Waals surface area contributed by atoms with Crippen molar-refractivity contribution in [1.82, 2.24) is 20.2 Å². The highest BCUT2D eigenvalue weighted by atomic mass is 35.5. The van der Waals surface area contributed by atoms with Crippen molar-refractivity contribution in [3.63, 3.8) is 0 Å². The molecule has 1 aromatic heterocycles. The van der Waals surface area contributed by atoms with Gasteiger partial charge in [0.1, 0.15) is 0 Å². The first-order valence-electron chi connectivity index (χ1n) is 8.82. The molecule has 0 saturated carbocycles. The molecule has 0 aliphatic carbocycles. The Balaban J connectivity index is 1.51. The summed E-state index contributed by atoms with van der Waals surface area (Å²) in [6.07, 6.45) is 0. The lowest BCUT2D eigenvalue weighted by Crippen LogP contribution is -2.13. The number of aromatic nitrogens is 4. The number of amides is 1. The van der Waals surface area contributed by atoms with Gasteiger partial charge in [-0.05, 0) is 52.9 Å². The van der Waals surface area contributed by atoms with Gasteiger partial charge >= 0.3 is 0 Å². The van der Waals surface area contributed by atoms with Crippen molar-refractivity contribution in [2.24, 2.45) is 0 Å². The van der Waals surface area contributed by atoms with Gasteiger partial charge in [0, 0.05) is 15.6 Å². The molecule has 0 aliphatic rings. The van der Waals surface area contributed by atoms with Crippen molar-refractivity contribution >= 4 is 35.0 Å². The van der Waals surface area contributed by atoms with Crippen LogP contribution in [0.5, 0.6) is 0 Å². The molecule has 0 unspecified atom stereocenters. The highest BCUT2D eigenvalue weighted by Gasteiger charge is 2.14. The average Bonchev–Trinajstić information content (AvgIpc) is 3.22. The first-order valence-corrected chi connectivity index (χ1v) is 10.2. The van der Waals surface area contributed by atoms with Crippen molar-refractivity contribution in [1.29, 1.82) is 0 Å². The molecule has 0 spiro atoms. The number of nitrogens with one attached hydrogen (secondary N) is 1. The monoisotopic (exact) mass is 421 g/mol. The number of hydrogen-bond donors (Lipinski definition) is 1. The van der Waals surface area contributed by atoms with Crippen molar-refractivity contribution in [2.45, 2.75) is 10.6 Å². The van der Waals surface area contributed by atoms with Crippen LogP contribution >= 0.6 is 23.4 Å². The number of nitrogens with zero attached hydrogens (tertiary/aromatic N) is 4. The molecule has 29 heavy (non-hydrogen) atoms. The predicted molar refractivity (Wildman–Crippen MR) is 115 cm³/mol. The minimum atomic E-state index is -0.196. The van der Waals surface area contributed by atoms with Crippen LogP contribution in [0.3, 0.4) is 0 Å². The van der Waals surface area contributed by atoms with Crippen LogP contribution in [0.25, 0.3) is 5.69 Å². The Morgan fingerprint density at radius 2 is 1.79 bits per heavy atom. The molecule has 144 valence electrons. The molecule has 1 amide bonds. The number of hydrogen-bond acceptors (Lipinski definition) is 5. The summed E-state index contributed by atoms with van der Waals surface area (Å²) in [6, 6.07) is 24.2. The fourth-order valence-corrected chi connectivity index (χ4v) is 3.90. The van der Waals surface area contributed by atoms with E-state index in [0.29, 0.717) is 27.9 Å². The molecule has 0 aliphatic heterocycles. The Labute approximate surface area is 176 Å². The molecule has 0 atom stereocenters. The van der Waals surface area contributed by atoms with Crippen LogP contribution in [0.4, 0.5) is 5.69 Å². The van der Waals surface area contributed by atoms with Gasteiger partial charge in [-0.2, -0.15) is 4.68 Å². The van der Waals surface area contributed by atoms with Gasteiger partial charge in [-0.25, -0.2) is 0 Å². The Bertz CT molecular complexity index is 1130. The number of rotatable bonds is 6. The molecule has 4 aromatic rings. The van der Waals surface area contributed by atoms with E-state index < -0.39 is 0 Å². The summed E-state index contributed by atoms with van der Waals surface area (Å²) >= 11 is 7.51. The lowest BCUT2D eigenvalue weighted by molar-refractivity contribution is 0.102. The zero-order valence-electron chi connectivity index (χ0n) is 15.2. The van der Waals surface area contributed by atoms with Crippen LogP contribution in [0.1, 0.15) is 16.2 Å². The SMILES string of the molecule is O=C(Nc1cccc(Cl)c1)c1ccccc1SCc1nnnn1-c1ccccc1. The van der Waals surface area contributed by atoms with Gasteiger partial charge in [0.2, 0.25) is 0 Å². The Kier molecular flexibility index (Phi) is 5.88. The number of tetrazole rings is 1. The first-order chi connectivity index (χ1) is 14.2. The van der Waals surface area contributed by atoms with Gasteiger partial charge in [-0.3, -0.25) is 4.79 Å². The van der Waals surface area contributed by atoms with E-state index in [1.807, 2.05) is 48.5 Å². The zero-order valence-corrected chi connectivity index (χ0v) is 16.8. The molecule has 3 aromatic carbocycles. The summed E-state index contributed by atoms with van der Waals surface area (Å²) in [5.74, 6) is 1.02. The second-order valence-electron chi connectivity index (χ2n) is 6.09. The first kappa shape index (κ1) is 19.2.